The summed E-state index contributed by atoms with van der Waals surface area (Å²) in [4.78, 5) is 3.85. The Morgan fingerprint density at radius 3 is 2.94 bits per heavy atom. The van der Waals surface area contributed by atoms with Crippen LogP contribution in [0.2, 0.25) is 0 Å². The summed E-state index contributed by atoms with van der Waals surface area (Å²) in [6.07, 6.45) is 1.52. The summed E-state index contributed by atoms with van der Waals surface area (Å²) in [5.41, 5.74) is 1.08. The first-order valence-corrected chi connectivity index (χ1v) is 5.91. The van der Waals surface area contributed by atoms with E-state index in [2.05, 4.69) is 20.9 Å². The van der Waals surface area contributed by atoms with Crippen molar-refractivity contribution in [1.29, 1.82) is 5.26 Å². The van der Waals surface area contributed by atoms with Crippen molar-refractivity contribution in [2.75, 3.05) is 0 Å². The zero-order valence-corrected chi connectivity index (χ0v) is 10.8. The average Bonchev–Trinajstić information content (AvgIpc) is 2.40. The predicted molar refractivity (Wildman–Crippen MR) is 67.4 cm³/mol. The van der Waals surface area contributed by atoms with E-state index in [0.717, 1.165) is 10.0 Å². The molecule has 1 aromatic carbocycles. The molecule has 0 aliphatic carbocycles. The molecule has 3 nitrogen and oxygen atoms in total. The summed E-state index contributed by atoms with van der Waals surface area (Å²) in [6.45, 7) is 0.185. The highest BCUT2D eigenvalue weighted by molar-refractivity contribution is 9.10. The summed E-state index contributed by atoms with van der Waals surface area (Å²) in [5.74, 6) is -0.257. The minimum absolute atomic E-state index is 0.166. The smallest absolute Gasteiger partial charge is 0.165 e. The maximum absolute atomic E-state index is 13.4. The Bertz CT molecular complexity index is 610. The van der Waals surface area contributed by atoms with Crippen LogP contribution in [0.3, 0.4) is 0 Å². The van der Waals surface area contributed by atoms with Crippen molar-refractivity contribution in [3.63, 3.8) is 0 Å². The van der Waals surface area contributed by atoms with E-state index in [1.807, 2.05) is 6.07 Å². The molecular weight excluding hydrogens is 299 g/mol. The third kappa shape index (κ3) is 3.05. The first-order valence-electron chi connectivity index (χ1n) is 5.12. The Morgan fingerprint density at radius 2 is 2.17 bits per heavy atom. The molecule has 0 saturated carbocycles. The van der Waals surface area contributed by atoms with Gasteiger partial charge < -0.3 is 4.74 Å². The number of hydrogen-bond donors (Lipinski definition) is 0. The monoisotopic (exact) mass is 306 g/mol. The molecule has 0 N–H and O–H groups in total. The molecule has 0 fully saturated rings. The van der Waals surface area contributed by atoms with Gasteiger partial charge in [0.05, 0.1) is 0 Å². The quantitative estimate of drug-likeness (QED) is 0.872. The number of hydrogen-bond acceptors (Lipinski definition) is 3. The van der Waals surface area contributed by atoms with E-state index in [0.29, 0.717) is 5.69 Å². The van der Waals surface area contributed by atoms with Crippen molar-refractivity contribution in [1.82, 2.24) is 4.98 Å². The van der Waals surface area contributed by atoms with E-state index in [9.17, 15) is 4.39 Å². The van der Waals surface area contributed by atoms with Crippen LogP contribution in [0.1, 0.15) is 11.3 Å². The largest absolute Gasteiger partial charge is 0.486 e. The number of ether oxygens (including phenoxy) is 1. The van der Waals surface area contributed by atoms with Crippen LogP contribution in [-0.4, -0.2) is 4.98 Å². The van der Waals surface area contributed by atoms with Crippen LogP contribution in [-0.2, 0) is 6.61 Å². The molecule has 0 amide bonds. The zero-order valence-electron chi connectivity index (χ0n) is 9.23. The third-order valence-electron chi connectivity index (χ3n) is 2.23. The van der Waals surface area contributed by atoms with Crippen LogP contribution in [0.25, 0.3) is 0 Å². The number of rotatable bonds is 3. The number of halogens is 2. The molecule has 5 heteroatoms. The van der Waals surface area contributed by atoms with Gasteiger partial charge in [-0.25, -0.2) is 9.37 Å². The molecule has 1 heterocycles. The van der Waals surface area contributed by atoms with Gasteiger partial charge in [0.2, 0.25) is 0 Å². The van der Waals surface area contributed by atoms with Gasteiger partial charge in [-0.1, -0.05) is 15.9 Å². The molecule has 0 spiro atoms. The van der Waals surface area contributed by atoms with Crippen LogP contribution >= 0.6 is 15.9 Å². The Balaban J connectivity index is 2.11. The van der Waals surface area contributed by atoms with Crippen molar-refractivity contribution in [2.45, 2.75) is 6.61 Å². The lowest BCUT2D eigenvalue weighted by Crippen LogP contribution is -1.98. The maximum atomic E-state index is 13.4. The number of nitrogens with zero attached hydrogens (tertiary/aromatic N) is 2. The third-order valence-corrected chi connectivity index (χ3v) is 2.72. The molecule has 2 rings (SSSR count). The molecule has 0 radical (unpaired) electrons. The van der Waals surface area contributed by atoms with Gasteiger partial charge in [-0.2, -0.15) is 5.26 Å². The fourth-order valence-electron chi connectivity index (χ4n) is 1.37. The van der Waals surface area contributed by atoms with E-state index in [4.69, 9.17) is 10.00 Å². The van der Waals surface area contributed by atoms with Gasteiger partial charge in [0.1, 0.15) is 18.4 Å². The lowest BCUT2D eigenvalue weighted by atomic mass is 10.2. The van der Waals surface area contributed by atoms with E-state index in [-0.39, 0.29) is 12.4 Å². The molecule has 18 heavy (non-hydrogen) atoms. The number of benzene rings is 1. The Hall–Kier alpha value is -1.93. The van der Waals surface area contributed by atoms with E-state index >= 15 is 0 Å². The Kier molecular flexibility index (Phi) is 3.90. The van der Waals surface area contributed by atoms with Gasteiger partial charge in [0, 0.05) is 10.7 Å². The summed E-state index contributed by atoms with van der Waals surface area (Å²) in [6, 6.07) is 9.75. The lowest BCUT2D eigenvalue weighted by molar-refractivity contribution is 0.290. The number of nitriles is 1. The van der Waals surface area contributed by atoms with Gasteiger partial charge in [0.25, 0.3) is 0 Å². The van der Waals surface area contributed by atoms with Gasteiger partial charge in [0.15, 0.2) is 11.6 Å². The SMILES string of the molecule is N#Cc1cc(COc2cc(Br)ccc2F)ccn1. The second-order valence-corrected chi connectivity index (χ2v) is 4.44. The van der Waals surface area contributed by atoms with Crippen molar-refractivity contribution < 1.29 is 9.13 Å². The molecule has 0 unspecified atom stereocenters. The van der Waals surface area contributed by atoms with Crippen LogP contribution in [0.15, 0.2) is 41.0 Å². The van der Waals surface area contributed by atoms with Gasteiger partial charge in [-0.05, 0) is 35.9 Å². The Morgan fingerprint density at radius 1 is 1.33 bits per heavy atom. The summed E-state index contributed by atoms with van der Waals surface area (Å²) >= 11 is 3.25. The molecule has 2 aromatic rings. The minimum atomic E-state index is -0.423. The normalized spacial score (nSPS) is 9.83. The van der Waals surface area contributed by atoms with E-state index < -0.39 is 5.82 Å². The van der Waals surface area contributed by atoms with Crippen LogP contribution < -0.4 is 4.74 Å². The molecule has 0 atom stereocenters. The molecule has 0 saturated heterocycles. The van der Waals surface area contributed by atoms with Crippen molar-refractivity contribution >= 4 is 15.9 Å². The second kappa shape index (κ2) is 5.61. The zero-order chi connectivity index (χ0) is 13.0. The topological polar surface area (TPSA) is 45.9 Å². The molecule has 0 aliphatic heterocycles. The first kappa shape index (κ1) is 12.5. The minimum Gasteiger partial charge on any atom is -0.486 e. The standard InChI is InChI=1S/C13H8BrFN2O/c14-10-1-2-12(15)13(6-10)18-8-9-3-4-17-11(5-9)7-16/h1-6H,8H2. The molecule has 0 aliphatic rings. The second-order valence-electron chi connectivity index (χ2n) is 3.52. The fourth-order valence-corrected chi connectivity index (χ4v) is 1.71. The molecular formula is C13H8BrFN2O. The van der Waals surface area contributed by atoms with Gasteiger partial charge in [-0.3, -0.25) is 0 Å². The van der Waals surface area contributed by atoms with Crippen LogP contribution in [0.5, 0.6) is 5.75 Å². The number of pyridine rings is 1. The summed E-state index contributed by atoms with van der Waals surface area (Å²) in [7, 11) is 0. The fraction of sp³-hybridized carbons (Fsp3) is 0.0769. The van der Waals surface area contributed by atoms with Crippen LogP contribution in [0, 0.1) is 17.1 Å². The highest BCUT2D eigenvalue weighted by Gasteiger charge is 2.04. The lowest BCUT2D eigenvalue weighted by Gasteiger charge is -2.07. The molecule has 90 valence electrons. The number of aromatic nitrogens is 1. The molecule has 1 aromatic heterocycles. The highest BCUT2D eigenvalue weighted by atomic mass is 79.9. The predicted octanol–water partition coefficient (Wildman–Crippen LogP) is 3.43. The van der Waals surface area contributed by atoms with Gasteiger partial charge >= 0.3 is 0 Å². The highest BCUT2D eigenvalue weighted by Crippen LogP contribution is 2.23. The maximum Gasteiger partial charge on any atom is 0.165 e. The summed E-state index contributed by atoms with van der Waals surface area (Å²) < 4.78 is 19.5. The Labute approximate surface area is 112 Å². The van der Waals surface area contributed by atoms with Crippen LogP contribution in [0.4, 0.5) is 4.39 Å². The van der Waals surface area contributed by atoms with Gasteiger partial charge in [-0.15, -0.1) is 0 Å². The first-order chi connectivity index (χ1) is 8.69. The van der Waals surface area contributed by atoms with Crippen molar-refractivity contribution in [3.05, 3.63) is 58.1 Å². The molecule has 0 bridgehead atoms. The van der Waals surface area contributed by atoms with Crippen molar-refractivity contribution in [2.24, 2.45) is 0 Å². The van der Waals surface area contributed by atoms with E-state index in [1.54, 1.807) is 24.3 Å². The van der Waals surface area contributed by atoms with E-state index in [1.165, 1.54) is 12.3 Å². The van der Waals surface area contributed by atoms with Crippen molar-refractivity contribution in [3.8, 4) is 11.8 Å². The average molecular weight is 307 g/mol. The summed E-state index contributed by atoms with van der Waals surface area (Å²) in [5, 5.41) is 8.71.